The van der Waals surface area contributed by atoms with Gasteiger partial charge in [0.05, 0.1) is 18.4 Å². The molecular formula is C15H12F7N3O. The molecule has 0 aliphatic rings. The first-order chi connectivity index (χ1) is 11.9. The first-order valence-electron chi connectivity index (χ1n) is 7.07. The third kappa shape index (κ3) is 3.65. The lowest BCUT2D eigenvalue weighted by Gasteiger charge is -2.26. The van der Waals surface area contributed by atoms with Gasteiger partial charge in [0, 0.05) is 6.20 Å². The molecule has 1 amide bonds. The summed E-state index contributed by atoms with van der Waals surface area (Å²) in [5.74, 6) is -15.3. The second kappa shape index (κ2) is 6.61. The summed E-state index contributed by atoms with van der Waals surface area (Å²) in [6.07, 6.45) is -4.69. The van der Waals surface area contributed by atoms with Crippen LogP contribution in [0.5, 0.6) is 0 Å². The van der Waals surface area contributed by atoms with Crippen LogP contribution in [0.3, 0.4) is 0 Å². The SMILES string of the molecule is Cc1ccccc1Cn1cc(NC(=O)C(F)(F)C(F)(F)C(F)(F)F)cn1. The van der Waals surface area contributed by atoms with E-state index >= 15 is 0 Å². The molecule has 4 nitrogen and oxygen atoms in total. The number of aryl methyl sites for hydroxylation is 1. The lowest BCUT2D eigenvalue weighted by Crippen LogP contribution is -2.57. The molecule has 1 aromatic carbocycles. The minimum absolute atomic E-state index is 0.178. The van der Waals surface area contributed by atoms with Crippen LogP contribution in [0.1, 0.15) is 11.1 Å². The van der Waals surface area contributed by atoms with Crippen molar-refractivity contribution in [3.63, 3.8) is 0 Å². The van der Waals surface area contributed by atoms with E-state index in [4.69, 9.17) is 0 Å². The van der Waals surface area contributed by atoms with E-state index in [0.29, 0.717) is 0 Å². The van der Waals surface area contributed by atoms with Crippen LogP contribution < -0.4 is 5.32 Å². The van der Waals surface area contributed by atoms with Gasteiger partial charge in [0.2, 0.25) is 0 Å². The summed E-state index contributed by atoms with van der Waals surface area (Å²) in [6, 6.07) is 7.10. The van der Waals surface area contributed by atoms with Crippen LogP contribution in [-0.4, -0.2) is 33.7 Å². The highest BCUT2D eigenvalue weighted by molar-refractivity contribution is 5.96. The average molecular weight is 383 g/mol. The van der Waals surface area contributed by atoms with E-state index in [1.807, 2.05) is 0 Å². The molecule has 0 bridgehead atoms. The fraction of sp³-hybridized carbons (Fsp3) is 0.333. The normalized spacial score (nSPS) is 12.9. The second-order valence-corrected chi connectivity index (χ2v) is 5.45. The predicted octanol–water partition coefficient (Wildman–Crippen LogP) is 4.01. The van der Waals surface area contributed by atoms with Gasteiger partial charge >= 0.3 is 23.9 Å². The Hall–Kier alpha value is -2.59. The molecule has 0 atom stereocenters. The number of hydrogen-bond acceptors (Lipinski definition) is 2. The lowest BCUT2D eigenvalue weighted by molar-refractivity contribution is -0.343. The van der Waals surface area contributed by atoms with Gasteiger partial charge in [-0.1, -0.05) is 24.3 Å². The van der Waals surface area contributed by atoms with Crippen LogP contribution in [0.15, 0.2) is 36.7 Å². The fourth-order valence-corrected chi connectivity index (χ4v) is 2.01. The number of aromatic nitrogens is 2. The zero-order valence-electron chi connectivity index (χ0n) is 13.1. The Morgan fingerprint density at radius 1 is 1.12 bits per heavy atom. The summed E-state index contributed by atoms with van der Waals surface area (Å²) >= 11 is 0. The molecule has 1 heterocycles. The smallest absolute Gasteiger partial charge is 0.318 e. The van der Waals surface area contributed by atoms with E-state index < -0.39 is 29.6 Å². The number of hydrogen-bond donors (Lipinski definition) is 1. The van der Waals surface area contributed by atoms with Gasteiger partial charge in [0.15, 0.2) is 0 Å². The summed E-state index contributed by atoms with van der Waals surface area (Å²) < 4.78 is 89.7. The Balaban J connectivity index is 2.13. The van der Waals surface area contributed by atoms with E-state index in [1.165, 1.54) is 10.00 Å². The second-order valence-electron chi connectivity index (χ2n) is 5.45. The molecule has 0 aliphatic heterocycles. The Morgan fingerprint density at radius 2 is 1.73 bits per heavy atom. The largest absolute Gasteiger partial charge is 0.460 e. The van der Waals surface area contributed by atoms with Crippen LogP contribution >= 0.6 is 0 Å². The van der Waals surface area contributed by atoms with Crippen LogP contribution in [-0.2, 0) is 11.3 Å². The predicted molar refractivity (Wildman–Crippen MR) is 77.1 cm³/mol. The molecule has 0 saturated carbocycles. The van der Waals surface area contributed by atoms with Crippen LogP contribution in [0, 0.1) is 6.92 Å². The number of carbonyl (C=O) groups excluding carboxylic acids is 1. The molecule has 2 rings (SSSR count). The van der Waals surface area contributed by atoms with E-state index in [2.05, 4.69) is 5.10 Å². The zero-order chi connectivity index (χ0) is 19.8. The quantitative estimate of drug-likeness (QED) is 0.794. The van der Waals surface area contributed by atoms with Crippen molar-refractivity contribution in [1.82, 2.24) is 9.78 Å². The number of amides is 1. The Morgan fingerprint density at radius 3 is 2.31 bits per heavy atom. The topological polar surface area (TPSA) is 46.9 Å². The number of halogens is 7. The molecule has 0 spiro atoms. The number of nitrogens with one attached hydrogen (secondary N) is 1. The standard InChI is InChI=1S/C15H12F7N3O/c1-9-4-2-3-5-10(9)7-25-8-11(6-23-25)24-12(26)13(16,17)14(18,19)15(20,21)22/h2-6,8H,7H2,1H3,(H,24,26). The number of benzene rings is 1. The summed E-state index contributed by atoms with van der Waals surface area (Å²) in [5.41, 5.74) is 1.26. The van der Waals surface area contributed by atoms with Gasteiger partial charge in [-0.05, 0) is 18.1 Å². The van der Waals surface area contributed by atoms with E-state index in [1.54, 1.807) is 31.2 Å². The van der Waals surface area contributed by atoms with Gasteiger partial charge in [-0.25, -0.2) is 0 Å². The third-order valence-electron chi connectivity index (χ3n) is 3.52. The number of rotatable bonds is 5. The van der Waals surface area contributed by atoms with Crippen molar-refractivity contribution in [1.29, 1.82) is 0 Å². The summed E-state index contributed by atoms with van der Waals surface area (Å²) in [6.45, 7) is 1.99. The van der Waals surface area contributed by atoms with Gasteiger partial charge in [-0.2, -0.15) is 35.8 Å². The van der Waals surface area contributed by atoms with Crippen LogP contribution in [0.25, 0.3) is 0 Å². The van der Waals surface area contributed by atoms with E-state index in [-0.39, 0.29) is 6.54 Å². The van der Waals surface area contributed by atoms with Gasteiger partial charge in [0.25, 0.3) is 0 Å². The number of nitrogens with zero attached hydrogens (tertiary/aromatic N) is 2. The Labute approximate surface area is 142 Å². The molecule has 0 radical (unpaired) electrons. The van der Waals surface area contributed by atoms with E-state index in [0.717, 1.165) is 23.5 Å². The van der Waals surface area contributed by atoms with Crippen LogP contribution in [0.4, 0.5) is 36.4 Å². The number of alkyl halides is 7. The molecule has 0 saturated heterocycles. The van der Waals surface area contributed by atoms with Gasteiger partial charge in [0.1, 0.15) is 0 Å². The van der Waals surface area contributed by atoms with Crippen molar-refractivity contribution >= 4 is 11.6 Å². The Kier molecular flexibility index (Phi) is 5.02. The Bertz CT molecular complexity index is 799. The fourth-order valence-electron chi connectivity index (χ4n) is 2.01. The third-order valence-corrected chi connectivity index (χ3v) is 3.52. The molecule has 11 heteroatoms. The zero-order valence-corrected chi connectivity index (χ0v) is 13.1. The van der Waals surface area contributed by atoms with Gasteiger partial charge < -0.3 is 5.32 Å². The molecule has 1 aromatic heterocycles. The van der Waals surface area contributed by atoms with Gasteiger partial charge in [-0.3, -0.25) is 9.48 Å². The molecule has 0 fully saturated rings. The van der Waals surface area contributed by atoms with Crippen molar-refractivity contribution < 1.29 is 35.5 Å². The maximum atomic E-state index is 13.3. The number of carbonyl (C=O) groups is 1. The minimum atomic E-state index is -6.58. The summed E-state index contributed by atoms with van der Waals surface area (Å²) in [5, 5.41) is 5.07. The molecule has 1 N–H and O–H groups in total. The number of anilines is 1. The van der Waals surface area contributed by atoms with Crippen molar-refractivity contribution in [2.75, 3.05) is 5.32 Å². The first kappa shape index (κ1) is 19.7. The monoisotopic (exact) mass is 383 g/mol. The van der Waals surface area contributed by atoms with Crippen molar-refractivity contribution in [3.8, 4) is 0 Å². The maximum Gasteiger partial charge on any atom is 0.460 e. The molecular weight excluding hydrogens is 371 g/mol. The highest BCUT2D eigenvalue weighted by Gasteiger charge is 2.76. The highest BCUT2D eigenvalue weighted by atomic mass is 19.4. The van der Waals surface area contributed by atoms with Crippen molar-refractivity contribution in [2.24, 2.45) is 0 Å². The van der Waals surface area contributed by atoms with E-state index in [9.17, 15) is 35.5 Å². The highest BCUT2D eigenvalue weighted by Crippen LogP contribution is 2.46. The lowest BCUT2D eigenvalue weighted by atomic mass is 10.1. The molecule has 26 heavy (non-hydrogen) atoms. The molecule has 0 aliphatic carbocycles. The summed E-state index contributed by atoms with van der Waals surface area (Å²) in [7, 11) is 0. The van der Waals surface area contributed by atoms with Crippen LogP contribution in [0.2, 0.25) is 0 Å². The molecule has 2 aromatic rings. The average Bonchev–Trinajstić information content (AvgIpc) is 2.95. The molecule has 0 unspecified atom stereocenters. The first-order valence-corrected chi connectivity index (χ1v) is 7.07. The van der Waals surface area contributed by atoms with Crippen molar-refractivity contribution in [2.45, 2.75) is 31.5 Å². The molecule has 142 valence electrons. The minimum Gasteiger partial charge on any atom is -0.318 e. The van der Waals surface area contributed by atoms with Crippen molar-refractivity contribution in [3.05, 3.63) is 47.8 Å². The maximum absolute atomic E-state index is 13.3. The summed E-state index contributed by atoms with van der Waals surface area (Å²) in [4.78, 5) is 11.3. The van der Waals surface area contributed by atoms with Gasteiger partial charge in [-0.15, -0.1) is 0 Å².